The molecule has 0 amide bonds. The van der Waals surface area contributed by atoms with E-state index in [0.29, 0.717) is 6.54 Å². The van der Waals surface area contributed by atoms with E-state index in [1.165, 1.54) is 11.1 Å². The first-order valence-electron chi connectivity index (χ1n) is 8.47. The number of carboxylic acid groups (broad SMARTS) is 1. The molecule has 3 aromatic carbocycles. The maximum absolute atomic E-state index is 11.3. The summed E-state index contributed by atoms with van der Waals surface area (Å²) in [6.07, 6.45) is 0. The molecule has 1 aromatic heterocycles. The Hall–Kier alpha value is -3.40. The zero-order chi connectivity index (χ0) is 18.1. The molecule has 4 aromatic rings. The molecule has 0 bridgehead atoms. The summed E-state index contributed by atoms with van der Waals surface area (Å²) in [5.74, 6) is -0.0626. The van der Waals surface area contributed by atoms with Crippen molar-refractivity contribution in [2.75, 3.05) is 0 Å². The molecule has 0 fully saturated rings. The van der Waals surface area contributed by atoms with Gasteiger partial charge in [0.15, 0.2) is 0 Å². The summed E-state index contributed by atoms with van der Waals surface area (Å²) in [4.78, 5) is 15.9. The van der Waals surface area contributed by atoms with Crippen LogP contribution in [-0.4, -0.2) is 20.6 Å². The molecule has 4 heteroatoms. The van der Waals surface area contributed by atoms with Gasteiger partial charge in [-0.2, -0.15) is 0 Å². The van der Waals surface area contributed by atoms with Gasteiger partial charge in [0.25, 0.3) is 0 Å². The van der Waals surface area contributed by atoms with Gasteiger partial charge in [-0.25, -0.2) is 9.78 Å². The van der Waals surface area contributed by atoms with Crippen LogP contribution in [-0.2, 0) is 6.54 Å². The highest BCUT2D eigenvalue weighted by molar-refractivity contribution is 5.92. The topological polar surface area (TPSA) is 55.1 Å². The summed E-state index contributed by atoms with van der Waals surface area (Å²) < 4.78 is 2.07. The van der Waals surface area contributed by atoms with Crippen LogP contribution in [0.2, 0.25) is 0 Å². The van der Waals surface area contributed by atoms with Crippen LogP contribution in [0.4, 0.5) is 0 Å². The number of carboxylic acids is 1. The van der Waals surface area contributed by atoms with E-state index in [1.54, 1.807) is 18.2 Å². The first kappa shape index (κ1) is 16.1. The van der Waals surface area contributed by atoms with Gasteiger partial charge in [0.1, 0.15) is 5.82 Å². The third kappa shape index (κ3) is 2.86. The fourth-order valence-electron chi connectivity index (χ4n) is 3.30. The SMILES string of the molecule is Cc1nc2ccc(C(=O)O)cc2n1Cc1ccccc1-c1ccccc1. The maximum Gasteiger partial charge on any atom is 0.335 e. The second-order valence-electron chi connectivity index (χ2n) is 6.28. The van der Waals surface area contributed by atoms with Crippen LogP contribution in [0.3, 0.4) is 0 Å². The Morgan fingerprint density at radius 1 is 1.00 bits per heavy atom. The van der Waals surface area contributed by atoms with Crippen LogP contribution < -0.4 is 0 Å². The molecule has 1 heterocycles. The predicted octanol–water partition coefficient (Wildman–Crippen LogP) is 4.76. The standard InChI is InChI=1S/C22H18N2O2/c1-15-23-20-12-11-17(22(25)26)13-21(20)24(15)14-18-9-5-6-10-19(18)16-7-3-2-4-8-16/h2-13H,14H2,1H3,(H,25,26). The number of nitrogens with zero attached hydrogens (tertiary/aromatic N) is 2. The van der Waals surface area contributed by atoms with Crippen molar-refractivity contribution in [1.82, 2.24) is 9.55 Å². The number of benzene rings is 3. The number of rotatable bonds is 4. The summed E-state index contributed by atoms with van der Waals surface area (Å²) in [5, 5.41) is 9.29. The normalized spacial score (nSPS) is 11.0. The minimum atomic E-state index is -0.929. The molecule has 0 saturated carbocycles. The number of fused-ring (bicyclic) bond motifs is 1. The van der Waals surface area contributed by atoms with E-state index in [4.69, 9.17) is 0 Å². The summed E-state index contributed by atoms with van der Waals surface area (Å²) in [5.41, 5.74) is 5.42. The smallest absolute Gasteiger partial charge is 0.335 e. The van der Waals surface area contributed by atoms with Crippen LogP contribution >= 0.6 is 0 Å². The maximum atomic E-state index is 11.3. The quantitative estimate of drug-likeness (QED) is 0.582. The molecule has 0 aliphatic rings. The highest BCUT2D eigenvalue weighted by Crippen LogP contribution is 2.26. The Kier molecular flexibility index (Phi) is 4.01. The minimum Gasteiger partial charge on any atom is -0.478 e. The number of hydrogen-bond donors (Lipinski definition) is 1. The van der Waals surface area contributed by atoms with Crippen molar-refractivity contribution in [1.29, 1.82) is 0 Å². The zero-order valence-electron chi connectivity index (χ0n) is 14.4. The van der Waals surface area contributed by atoms with E-state index < -0.39 is 5.97 Å². The number of carbonyl (C=O) groups is 1. The van der Waals surface area contributed by atoms with E-state index >= 15 is 0 Å². The molecule has 0 saturated heterocycles. The van der Waals surface area contributed by atoms with Crippen LogP contribution in [0.25, 0.3) is 22.2 Å². The van der Waals surface area contributed by atoms with E-state index in [-0.39, 0.29) is 5.56 Å². The predicted molar refractivity (Wildman–Crippen MR) is 102 cm³/mol. The molecule has 128 valence electrons. The van der Waals surface area contributed by atoms with Gasteiger partial charge in [-0.15, -0.1) is 0 Å². The summed E-state index contributed by atoms with van der Waals surface area (Å²) in [6.45, 7) is 2.59. The van der Waals surface area contributed by atoms with Gasteiger partial charge < -0.3 is 9.67 Å². The summed E-state index contributed by atoms with van der Waals surface area (Å²) in [6, 6.07) is 23.6. The first-order chi connectivity index (χ1) is 12.6. The van der Waals surface area contributed by atoms with Gasteiger partial charge in [0.05, 0.1) is 16.6 Å². The molecular weight excluding hydrogens is 324 g/mol. The van der Waals surface area contributed by atoms with Crippen molar-refractivity contribution in [3.05, 3.63) is 89.7 Å². The Morgan fingerprint density at radius 2 is 1.73 bits per heavy atom. The summed E-state index contributed by atoms with van der Waals surface area (Å²) >= 11 is 0. The fourth-order valence-corrected chi connectivity index (χ4v) is 3.30. The number of aromatic carboxylic acids is 1. The van der Waals surface area contributed by atoms with Crippen molar-refractivity contribution in [3.63, 3.8) is 0 Å². The van der Waals surface area contributed by atoms with Gasteiger partial charge in [0, 0.05) is 6.54 Å². The van der Waals surface area contributed by atoms with Crippen LogP contribution in [0.1, 0.15) is 21.7 Å². The van der Waals surface area contributed by atoms with Crippen molar-refractivity contribution in [3.8, 4) is 11.1 Å². The lowest BCUT2D eigenvalue weighted by Crippen LogP contribution is -2.04. The zero-order valence-corrected chi connectivity index (χ0v) is 14.4. The first-order valence-corrected chi connectivity index (χ1v) is 8.47. The van der Waals surface area contributed by atoms with E-state index in [2.05, 4.69) is 33.8 Å². The Morgan fingerprint density at radius 3 is 2.50 bits per heavy atom. The number of hydrogen-bond acceptors (Lipinski definition) is 2. The molecule has 0 aliphatic heterocycles. The molecule has 26 heavy (non-hydrogen) atoms. The molecular formula is C22H18N2O2. The largest absolute Gasteiger partial charge is 0.478 e. The number of aryl methyl sites for hydroxylation is 1. The van der Waals surface area contributed by atoms with Gasteiger partial charge in [-0.3, -0.25) is 0 Å². The number of imidazole rings is 1. The lowest BCUT2D eigenvalue weighted by molar-refractivity contribution is 0.0697. The number of aromatic nitrogens is 2. The second kappa shape index (κ2) is 6.48. The van der Waals surface area contributed by atoms with Crippen LogP contribution in [0, 0.1) is 6.92 Å². The molecule has 0 spiro atoms. The highest BCUT2D eigenvalue weighted by atomic mass is 16.4. The molecule has 0 radical (unpaired) electrons. The van der Waals surface area contributed by atoms with E-state index in [1.807, 2.05) is 37.3 Å². The van der Waals surface area contributed by atoms with Crippen molar-refractivity contribution < 1.29 is 9.90 Å². The average Bonchev–Trinajstić information content (AvgIpc) is 2.97. The van der Waals surface area contributed by atoms with Gasteiger partial charge in [0.2, 0.25) is 0 Å². The lowest BCUT2D eigenvalue weighted by atomic mass is 9.99. The molecule has 0 atom stereocenters. The molecule has 4 nitrogen and oxygen atoms in total. The Bertz CT molecular complexity index is 1100. The third-order valence-corrected chi connectivity index (χ3v) is 4.62. The monoisotopic (exact) mass is 342 g/mol. The third-order valence-electron chi connectivity index (χ3n) is 4.62. The van der Waals surface area contributed by atoms with E-state index in [0.717, 1.165) is 22.4 Å². The lowest BCUT2D eigenvalue weighted by Gasteiger charge is -2.13. The van der Waals surface area contributed by atoms with Crippen molar-refractivity contribution in [2.24, 2.45) is 0 Å². The molecule has 4 rings (SSSR count). The summed E-state index contributed by atoms with van der Waals surface area (Å²) in [7, 11) is 0. The van der Waals surface area contributed by atoms with Gasteiger partial charge in [-0.1, -0.05) is 54.6 Å². The average molecular weight is 342 g/mol. The Balaban J connectivity index is 1.83. The van der Waals surface area contributed by atoms with Gasteiger partial charge >= 0.3 is 5.97 Å². The molecule has 1 N–H and O–H groups in total. The van der Waals surface area contributed by atoms with E-state index in [9.17, 15) is 9.90 Å². The van der Waals surface area contributed by atoms with Crippen LogP contribution in [0.5, 0.6) is 0 Å². The van der Waals surface area contributed by atoms with Crippen molar-refractivity contribution >= 4 is 17.0 Å². The highest BCUT2D eigenvalue weighted by Gasteiger charge is 2.13. The fraction of sp³-hybridized carbons (Fsp3) is 0.0909. The molecule has 0 aliphatic carbocycles. The minimum absolute atomic E-state index is 0.273. The van der Waals surface area contributed by atoms with Gasteiger partial charge in [-0.05, 0) is 41.8 Å². The van der Waals surface area contributed by atoms with Crippen molar-refractivity contribution in [2.45, 2.75) is 13.5 Å². The Labute approximate surface area is 151 Å². The molecule has 0 unspecified atom stereocenters. The second-order valence-corrected chi connectivity index (χ2v) is 6.28. The van der Waals surface area contributed by atoms with Crippen LogP contribution in [0.15, 0.2) is 72.8 Å².